The lowest BCUT2D eigenvalue weighted by Crippen LogP contribution is -1.88. The third-order valence-electron chi connectivity index (χ3n) is 1.95. The smallest absolute Gasteiger partial charge is 0.0684 e. The number of thiol groups is 1. The molecule has 1 aromatic rings. The predicted molar refractivity (Wildman–Crippen MR) is 60.0 cm³/mol. The summed E-state index contributed by atoms with van der Waals surface area (Å²) < 4.78 is 0. The monoisotopic (exact) mass is 194 g/mol. The molecule has 0 bridgehead atoms. The van der Waals surface area contributed by atoms with Crippen molar-refractivity contribution >= 4 is 18.7 Å². The van der Waals surface area contributed by atoms with Crippen LogP contribution in [0.3, 0.4) is 0 Å². The van der Waals surface area contributed by atoms with Gasteiger partial charge in [0.05, 0.1) is 6.61 Å². The number of hydrogen-bond donors (Lipinski definition) is 2. The van der Waals surface area contributed by atoms with Gasteiger partial charge in [0.15, 0.2) is 0 Å². The van der Waals surface area contributed by atoms with Gasteiger partial charge in [-0.15, -0.1) is 0 Å². The van der Waals surface area contributed by atoms with Crippen LogP contribution in [-0.2, 0) is 6.61 Å². The topological polar surface area (TPSA) is 20.2 Å². The molecule has 0 amide bonds. The second-order valence-electron chi connectivity index (χ2n) is 2.93. The van der Waals surface area contributed by atoms with E-state index in [2.05, 4.69) is 18.7 Å². The fraction of sp³-hybridized carbons (Fsp3) is 0.273. The van der Waals surface area contributed by atoms with E-state index in [4.69, 9.17) is 5.11 Å². The van der Waals surface area contributed by atoms with E-state index in [1.54, 1.807) is 0 Å². The molecule has 1 aromatic carbocycles. The van der Waals surface area contributed by atoms with E-state index in [9.17, 15) is 0 Å². The summed E-state index contributed by atoms with van der Waals surface area (Å²) in [4.78, 5) is 0. The molecule has 0 atom stereocenters. The van der Waals surface area contributed by atoms with Crippen LogP contribution < -0.4 is 0 Å². The molecule has 0 heterocycles. The highest BCUT2D eigenvalue weighted by atomic mass is 32.1. The molecule has 0 aliphatic rings. The fourth-order valence-corrected chi connectivity index (χ4v) is 1.29. The van der Waals surface area contributed by atoms with Crippen molar-refractivity contribution in [3.8, 4) is 0 Å². The SMILES string of the molecule is Cc1cc(C=CCS)ccc1CO. The zero-order valence-electron chi connectivity index (χ0n) is 7.70. The molecule has 13 heavy (non-hydrogen) atoms. The Morgan fingerprint density at radius 3 is 2.77 bits per heavy atom. The first-order valence-corrected chi connectivity index (χ1v) is 4.89. The van der Waals surface area contributed by atoms with E-state index >= 15 is 0 Å². The summed E-state index contributed by atoms with van der Waals surface area (Å²) in [7, 11) is 0. The van der Waals surface area contributed by atoms with Gasteiger partial charge in [0.1, 0.15) is 0 Å². The summed E-state index contributed by atoms with van der Waals surface area (Å²) in [5, 5.41) is 8.96. The maximum absolute atomic E-state index is 8.96. The van der Waals surface area contributed by atoms with Gasteiger partial charge in [-0.3, -0.25) is 0 Å². The van der Waals surface area contributed by atoms with Crippen molar-refractivity contribution < 1.29 is 5.11 Å². The third kappa shape index (κ3) is 2.90. The van der Waals surface area contributed by atoms with Crippen molar-refractivity contribution in [2.45, 2.75) is 13.5 Å². The summed E-state index contributed by atoms with van der Waals surface area (Å²) >= 11 is 4.09. The summed E-state index contributed by atoms with van der Waals surface area (Å²) in [6.45, 7) is 2.12. The van der Waals surface area contributed by atoms with E-state index in [1.807, 2.05) is 31.2 Å². The molecule has 2 heteroatoms. The molecule has 0 saturated carbocycles. The minimum atomic E-state index is 0.113. The van der Waals surface area contributed by atoms with Gasteiger partial charge in [-0.2, -0.15) is 12.6 Å². The number of rotatable bonds is 3. The number of hydrogen-bond acceptors (Lipinski definition) is 2. The largest absolute Gasteiger partial charge is 0.392 e. The maximum atomic E-state index is 8.96. The van der Waals surface area contributed by atoms with E-state index < -0.39 is 0 Å². The Balaban J connectivity index is 2.89. The van der Waals surface area contributed by atoms with Crippen LogP contribution in [0.2, 0.25) is 0 Å². The van der Waals surface area contributed by atoms with Crippen LogP contribution in [0.15, 0.2) is 24.3 Å². The second-order valence-corrected chi connectivity index (χ2v) is 3.29. The van der Waals surface area contributed by atoms with Crippen molar-refractivity contribution in [2.24, 2.45) is 0 Å². The van der Waals surface area contributed by atoms with Crippen LogP contribution in [0.5, 0.6) is 0 Å². The molecular formula is C11H14OS. The highest BCUT2D eigenvalue weighted by Gasteiger charge is 1.95. The zero-order chi connectivity index (χ0) is 9.68. The normalized spacial score (nSPS) is 11.0. The maximum Gasteiger partial charge on any atom is 0.0684 e. The number of benzene rings is 1. The Kier molecular flexibility index (Phi) is 4.06. The Morgan fingerprint density at radius 2 is 2.23 bits per heavy atom. The molecular weight excluding hydrogens is 180 g/mol. The fourth-order valence-electron chi connectivity index (χ4n) is 1.19. The summed E-state index contributed by atoms with van der Waals surface area (Å²) in [6, 6.07) is 6.01. The van der Waals surface area contributed by atoms with Gasteiger partial charge in [-0.05, 0) is 23.6 Å². The Hall–Kier alpha value is -0.730. The van der Waals surface area contributed by atoms with Crippen LogP contribution in [0.25, 0.3) is 6.08 Å². The van der Waals surface area contributed by atoms with Crippen molar-refractivity contribution in [3.05, 3.63) is 41.0 Å². The number of aryl methyl sites for hydroxylation is 1. The molecule has 0 radical (unpaired) electrons. The second kappa shape index (κ2) is 5.10. The first kappa shape index (κ1) is 10.4. The molecule has 0 saturated heterocycles. The highest BCUT2D eigenvalue weighted by Crippen LogP contribution is 2.12. The summed E-state index contributed by atoms with van der Waals surface area (Å²) in [6.07, 6.45) is 4.03. The molecule has 0 aromatic heterocycles. The molecule has 70 valence electrons. The molecule has 1 rings (SSSR count). The average molecular weight is 194 g/mol. The van der Waals surface area contributed by atoms with Gasteiger partial charge in [-0.25, -0.2) is 0 Å². The van der Waals surface area contributed by atoms with Crippen LogP contribution in [-0.4, -0.2) is 10.9 Å². The highest BCUT2D eigenvalue weighted by molar-refractivity contribution is 7.80. The molecule has 0 aliphatic heterocycles. The van der Waals surface area contributed by atoms with Crippen molar-refractivity contribution in [1.29, 1.82) is 0 Å². The van der Waals surface area contributed by atoms with E-state index in [1.165, 1.54) is 0 Å². The predicted octanol–water partition coefficient (Wildman–Crippen LogP) is 2.43. The van der Waals surface area contributed by atoms with Crippen molar-refractivity contribution in [2.75, 3.05) is 5.75 Å². The number of aliphatic hydroxyl groups is 1. The minimum Gasteiger partial charge on any atom is -0.392 e. The lowest BCUT2D eigenvalue weighted by molar-refractivity contribution is 0.281. The van der Waals surface area contributed by atoms with Gasteiger partial charge in [0.25, 0.3) is 0 Å². The van der Waals surface area contributed by atoms with Gasteiger partial charge < -0.3 is 5.11 Å². The standard InChI is InChI=1S/C11H14OS/c1-9-7-10(3-2-6-13)4-5-11(9)8-12/h2-5,7,12-13H,6,8H2,1H3. The van der Waals surface area contributed by atoms with Crippen LogP contribution >= 0.6 is 12.6 Å². The summed E-state index contributed by atoms with van der Waals surface area (Å²) in [5.41, 5.74) is 3.27. The quantitative estimate of drug-likeness (QED) is 0.708. The summed E-state index contributed by atoms with van der Waals surface area (Å²) in [5.74, 6) is 0.751. The Morgan fingerprint density at radius 1 is 1.46 bits per heavy atom. The average Bonchev–Trinajstić information content (AvgIpc) is 2.15. The van der Waals surface area contributed by atoms with Crippen LogP contribution in [0.4, 0.5) is 0 Å². The zero-order valence-corrected chi connectivity index (χ0v) is 8.59. The van der Waals surface area contributed by atoms with Gasteiger partial charge in [0, 0.05) is 5.75 Å². The van der Waals surface area contributed by atoms with Gasteiger partial charge in [0.2, 0.25) is 0 Å². The minimum absolute atomic E-state index is 0.113. The van der Waals surface area contributed by atoms with Gasteiger partial charge in [-0.1, -0.05) is 30.4 Å². The molecule has 0 unspecified atom stereocenters. The van der Waals surface area contributed by atoms with Gasteiger partial charge >= 0.3 is 0 Å². The van der Waals surface area contributed by atoms with Crippen molar-refractivity contribution in [1.82, 2.24) is 0 Å². The van der Waals surface area contributed by atoms with E-state index in [-0.39, 0.29) is 6.61 Å². The Labute approximate surface area is 84.5 Å². The molecule has 0 spiro atoms. The lowest BCUT2D eigenvalue weighted by Gasteiger charge is -2.02. The molecule has 1 nitrogen and oxygen atoms in total. The van der Waals surface area contributed by atoms with Crippen LogP contribution in [0, 0.1) is 6.92 Å². The van der Waals surface area contributed by atoms with Crippen molar-refractivity contribution in [3.63, 3.8) is 0 Å². The molecule has 0 fully saturated rings. The first-order valence-electron chi connectivity index (χ1n) is 4.25. The molecule has 1 N–H and O–H groups in total. The number of aliphatic hydroxyl groups excluding tert-OH is 1. The Bertz CT molecular complexity index is 305. The van der Waals surface area contributed by atoms with E-state index in [0.29, 0.717) is 0 Å². The van der Waals surface area contributed by atoms with Crippen LogP contribution in [0.1, 0.15) is 16.7 Å². The van der Waals surface area contributed by atoms with E-state index in [0.717, 1.165) is 22.4 Å². The first-order chi connectivity index (χ1) is 6.27. The lowest BCUT2D eigenvalue weighted by atomic mass is 10.1. The third-order valence-corrected chi connectivity index (χ3v) is 2.16. The molecule has 0 aliphatic carbocycles.